The average molecular weight is 188 g/mol. The van der Waals surface area contributed by atoms with Gasteiger partial charge in [-0.3, -0.25) is 0 Å². The van der Waals surface area contributed by atoms with Crippen molar-refractivity contribution in [1.82, 2.24) is 0 Å². The SMILES string of the molecule is C=CC[Si](C)(OCC)OCCC. The summed E-state index contributed by atoms with van der Waals surface area (Å²) in [4.78, 5) is 0. The lowest BCUT2D eigenvalue weighted by molar-refractivity contribution is 0.183. The maximum absolute atomic E-state index is 5.70. The van der Waals surface area contributed by atoms with Crippen LogP contribution in [0.25, 0.3) is 0 Å². The minimum atomic E-state index is -1.89. The van der Waals surface area contributed by atoms with E-state index in [0.717, 1.165) is 25.7 Å². The molecule has 0 N–H and O–H groups in total. The Kier molecular flexibility index (Phi) is 6.33. The lowest BCUT2D eigenvalue weighted by Crippen LogP contribution is -2.38. The Bertz CT molecular complexity index is 128. The largest absolute Gasteiger partial charge is 0.394 e. The van der Waals surface area contributed by atoms with E-state index in [1.165, 1.54) is 0 Å². The van der Waals surface area contributed by atoms with E-state index >= 15 is 0 Å². The minimum Gasteiger partial charge on any atom is -0.394 e. The Morgan fingerprint density at radius 3 is 2.42 bits per heavy atom. The van der Waals surface area contributed by atoms with Gasteiger partial charge in [0, 0.05) is 19.3 Å². The lowest BCUT2D eigenvalue weighted by atomic mass is 10.5. The van der Waals surface area contributed by atoms with Crippen molar-refractivity contribution in [1.29, 1.82) is 0 Å². The highest BCUT2D eigenvalue weighted by Gasteiger charge is 2.28. The molecule has 2 nitrogen and oxygen atoms in total. The van der Waals surface area contributed by atoms with Crippen LogP contribution in [0.1, 0.15) is 20.3 Å². The van der Waals surface area contributed by atoms with Gasteiger partial charge < -0.3 is 8.85 Å². The Labute approximate surface area is 76.8 Å². The maximum atomic E-state index is 5.70. The van der Waals surface area contributed by atoms with Gasteiger partial charge in [0.1, 0.15) is 0 Å². The van der Waals surface area contributed by atoms with Crippen LogP contribution in [0.3, 0.4) is 0 Å². The van der Waals surface area contributed by atoms with Crippen LogP contribution >= 0.6 is 0 Å². The van der Waals surface area contributed by atoms with Crippen molar-refractivity contribution >= 4 is 8.56 Å². The Morgan fingerprint density at radius 1 is 1.33 bits per heavy atom. The fourth-order valence-electron chi connectivity index (χ4n) is 1.04. The first-order chi connectivity index (χ1) is 5.68. The van der Waals surface area contributed by atoms with Gasteiger partial charge >= 0.3 is 8.56 Å². The molecule has 12 heavy (non-hydrogen) atoms. The van der Waals surface area contributed by atoms with Gasteiger partial charge in [-0.25, -0.2) is 0 Å². The van der Waals surface area contributed by atoms with Crippen LogP contribution in [0.4, 0.5) is 0 Å². The molecule has 0 saturated heterocycles. The first-order valence-electron chi connectivity index (χ1n) is 4.57. The van der Waals surface area contributed by atoms with Crippen molar-refractivity contribution in [2.75, 3.05) is 13.2 Å². The molecule has 0 aliphatic carbocycles. The number of hydrogen-bond acceptors (Lipinski definition) is 2. The maximum Gasteiger partial charge on any atom is 0.338 e. The Hall–Kier alpha value is -0.123. The van der Waals surface area contributed by atoms with Gasteiger partial charge in [-0.1, -0.05) is 13.0 Å². The quantitative estimate of drug-likeness (QED) is 0.452. The first-order valence-corrected chi connectivity index (χ1v) is 7.09. The van der Waals surface area contributed by atoms with Crippen LogP contribution in [-0.2, 0) is 8.85 Å². The molecule has 0 fully saturated rings. The molecule has 0 aromatic carbocycles. The molecular weight excluding hydrogens is 168 g/mol. The monoisotopic (exact) mass is 188 g/mol. The molecule has 0 aromatic rings. The summed E-state index contributed by atoms with van der Waals surface area (Å²) in [6.07, 6.45) is 2.93. The highest BCUT2D eigenvalue weighted by atomic mass is 28.4. The summed E-state index contributed by atoms with van der Waals surface area (Å²) in [6, 6.07) is 0.876. The molecule has 0 saturated carbocycles. The third kappa shape index (κ3) is 4.69. The molecule has 1 atom stereocenters. The van der Waals surface area contributed by atoms with Crippen LogP contribution in [0.5, 0.6) is 0 Å². The second-order valence-corrected chi connectivity index (χ2v) is 6.16. The van der Waals surface area contributed by atoms with Crippen LogP contribution in [0.2, 0.25) is 12.6 Å². The van der Waals surface area contributed by atoms with Crippen molar-refractivity contribution < 1.29 is 8.85 Å². The predicted octanol–water partition coefficient (Wildman–Crippen LogP) is 2.71. The molecule has 0 aromatic heterocycles. The number of hydrogen-bond donors (Lipinski definition) is 0. The number of allylic oxidation sites excluding steroid dienone is 1. The average Bonchev–Trinajstić information content (AvgIpc) is 2.02. The predicted molar refractivity (Wildman–Crippen MR) is 54.5 cm³/mol. The molecule has 0 aliphatic rings. The molecular formula is C9H20O2Si. The summed E-state index contributed by atoms with van der Waals surface area (Å²) in [5.74, 6) is 0. The van der Waals surface area contributed by atoms with Gasteiger partial charge in [0.05, 0.1) is 0 Å². The van der Waals surface area contributed by atoms with Crippen LogP contribution in [0, 0.1) is 0 Å². The molecule has 0 spiro atoms. The van der Waals surface area contributed by atoms with E-state index in [-0.39, 0.29) is 0 Å². The standard InChI is InChI=1S/C9H20O2Si/c1-5-8-11-12(4,9-6-2)10-7-3/h6H,2,5,7-9H2,1,3-4H3. The Morgan fingerprint density at radius 2 is 2.00 bits per heavy atom. The molecule has 72 valence electrons. The zero-order valence-corrected chi connectivity index (χ0v) is 9.43. The van der Waals surface area contributed by atoms with Crippen molar-refractivity contribution in [2.24, 2.45) is 0 Å². The van der Waals surface area contributed by atoms with E-state index in [2.05, 4.69) is 20.0 Å². The first kappa shape index (κ1) is 11.9. The fourth-order valence-corrected chi connectivity index (χ4v) is 3.13. The fraction of sp³-hybridized carbons (Fsp3) is 0.778. The van der Waals surface area contributed by atoms with E-state index < -0.39 is 8.56 Å². The summed E-state index contributed by atoms with van der Waals surface area (Å²) in [5.41, 5.74) is 0. The summed E-state index contributed by atoms with van der Waals surface area (Å²) >= 11 is 0. The van der Waals surface area contributed by atoms with Crippen LogP contribution in [0.15, 0.2) is 12.7 Å². The third-order valence-corrected chi connectivity index (χ3v) is 4.32. The minimum absolute atomic E-state index is 0.736. The van der Waals surface area contributed by atoms with E-state index in [1.54, 1.807) is 0 Å². The smallest absolute Gasteiger partial charge is 0.338 e. The molecule has 1 unspecified atom stereocenters. The van der Waals surface area contributed by atoms with Crippen LogP contribution in [-0.4, -0.2) is 21.8 Å². The number of rotatable bonds is 7. The van der Waals surface area contributed by atoms with Crippen molar-refractivity contribution in [3.8, 4) is 0 Å². The molecule has 0 bridgehead atoms. The van der Waals surface area contributed by atoms with Gasteiger partial charge in [-0.2, -0.15) is 0 Å². The van der Waals surface area contributed by atoms with Gasteiger partial charge in [-0.05, 0) is 19.9 Å². The molecule has 0 heterocycles. The third-order valence-electron chi connectivity index (χ3n) is 1.58. The second kappa shape index (κ2) is 6.40. The highest BCUT2D eigenvalue weighted by Crippen LogP contribution is 2.13. The highest BCUT2D eigenvalue weighted by molar-refractivity contribution is 6.66. The second-order valence-electron chi connectivity index (χ2n) is 2.91. The summed E-state index contributed by atoms with van der Waals surface area (Å²) in [5, 5.41) is 0. The topological polar surface area (TPSA) is 18.5 Å². The molecule has 0 rings (SSSR count). The van der Waals surface area contributed by atoms with Gasteiger partial charge in [0.15, 0.2) is 0 Å². The van der Waals surface area contributed by atoms with E-state index in [1.807, 2.05) is 13.0 Å². The molecule has 0 amide bonds. The van der Waals surface area contributed by atoms with Crippen LogP contribution < -0.4 is 0 Å². The van der Waals surface area contributed by atoms with Gasteiger partial charge in [-0.15, -0.1) is 6.58 Å². The van der Waals surface area contributed by atoms with Crippen molar-refractivity contribution in [3.63, 3.8) is 0 Å². The summed E-state index contributed by atoms with van der Waals surface area (Å²) in [7, 11) is -1.89. The lowest BCUT2D eigenvalue weighted by Gasteiger charge is -2.24. The summed E-state index contributed by atoms with van der Waals surface area (Å²) < 4.78 is 11.3. The van der Waals surface area contributed by atoms with E-state index in [9.17, 15) is 0 Å². The van der Waals surface area contributed by atoms with Gasteiger partial charge in [0.25, 0.3) is 0 Å². The summed E-state index contributed by atoms with van der Waals surface area (Å²) in [6.45, 7) is 11.4. The zero-order valence-electron chi connectivity index (χ0n) is 8.43. The Balaban J connectivity index is 3.88. The molecule has 0 radical (unpaired) electrons. The molecule has 3 heteroatoms. The van der Waals surface area contributed by atoms with Gasteiger partial charge in [0.2, 0.25) is 0 Å². The zero-order chi connectivity index (χ0) is 9.45. The van der Waals surface area contributed by atoms with Crippen molar-refractivity contribution in [2.45, 2.75) is 32.9 Å². The normalized spacial score (nSPS) is 15.6. The van der Waals surface area contributed by atoms with E-state index in [0.29, 0.717) is 0 Å². The molecule has 0 aliphatic heterocycles. The van der Waals surface area contributed by atoms with Crippen molar-refractivity contribution in [3.05, 3.63) is 12.7 Å². The van der Waals surface area contributed by atoms with E-state index in [4.69, 9.17) is 8.85 Å².